The molecule has 0 amide bonds. The van der Waals surface area contributed by atoms with Crippen LogP contribution in [0.3, 0.4) is 0 Å². The van der Waals surface area contributed by atoms with Crippen LogP contribution in [0.4, 0.5) is 5.69 Å². The van der Waals surface area contributed by atoms with E-state index >= 15 is 0 Å². The van der Waals surface area contributed by atoms with Crippen LogP contribution in [0.15, 0.2) is 52.4 Å². The minimum absolute atomic E-state index is 0.0263. The summed E-state index contributed by atoms with van der Waals surface area (Å²) in [6.45, 7) is 3.43. The number of oxime groups is 1. The third-order valence-electron chi connectivity index (χ3n) is 7.27. The molecule has 1 aromatic carbocycles. The molecule has 1 aliphatic carbocycles. The second-order valence-electron chi connectivity index (χ2n) is 10.3. The maximum absolute atomic E-state index is 13.0. The number of nitriles is 2. The lowest BCUT2D eigenvalue weighted by Crippen LogP contribution is -2.39. The zero-order valence-corrected chi connectivity index (χ0v) is 22.2. The van der Waals surface area contributed by atoms with Crippen LogP contribution in [0.1, 0.15) is 56.4 Å². The van der Waals surface area contributed by atoms with Crippen LogP contribution in [0.25, 0.3) is 11.0 Å². The zero-order valence-electron chi connectivity index (χ0n) is 22.2. The van der Waals surface area contributed by atoms with Crippen LogP contribution in [-0.4, -0.2) is 45.7 Å². The molecule has 2 aromatic heterocycles. The summed E-state index contributed by atoms with van der Waals surface area (Å²) in [5, 5.41) is 33.5. The number of benzene rings is 1. The quantitative estimate of drug-likeness (QED) is 0.376. The van der Waals surface area contributed by atoms with Crippen molar-refractivity contribution >= 4 is 22.4 Å². The van der Waals surface area contributed by atoms with Gasteiger partial charge in [0.15, 0.2) is 5.60 Å². The van der Waals surface area contributed by atoms with Gasteiger partial charge in [-0.15, -0.1) is 0 Å². The Balaban J connectivity index is 1.65. The summed E-state index contributed by atoms with van der Waals surface area (Å²) in [6.07, 6.45) is 3.26. The lowest BCUT2D eigenvalue weighted by atomic mass is 9.80. The topological polar surface area (TPSA) is 128 Å². The Labute approximate surface area is 222 Å². The molecule has 3 aromatic rings. The van der Waals surface area contributed by atoms with E-state index in [1.807, 2.05) is 42.3 Å². The van der Waals surface area contributed by atoms with E-state index in [9.17, 15) is 20.4 Å². The monoisotopic (exact) mass is 512 g/mol. The van der Waals surface area contributed by atoms with E-state index in [1.54, 1.807) is 33.0 Å². The maximum atomic E-state index is 13.0. The van der Waals surface area contributed by atoms with Crippen molar-refractivity contribution in [3.05, 3.63) is 69.6 Å². The number of fused-ring (bicyclic) bond motifs is 1. The standard InChI is InChI=1S/C29H32N6O3/c1-29(2,18-36)38-33-25(19-8-6-5-7-9-19)20-10-13-22(14-11-20)34(3)27-23(17-31)28(37)35(4)24-15-12-21(16-30)32-26(24)27/h5-9,12,15,20,22,36H,10-11,13-14,18H2,1-4H3/b33-25+. The smallest absolute Gasteiger partial charge is 0.270 e. The summed E-state index contributed by atoms with van der Waals surface area (Å²) < 4.78 is 1.41. The van der Waals surface area contributed by atoms with Crippen LogP contribution >= 0.6 is 0 Å². The van der Waals surface area contributed by atoms with Crippen molar-refractivity contribution in [2.75, 3.05) is 18.6 Å². The Hall–Kier alpha value is -4.21. The first-order chi connectivity index (χ1) is 18.2. The second kappa shape index (κ2) is 11.0. The number of aliphatic hydroxyl groups excluding tert-OH is 1. The third kappa shape index (κ3) is 5.25. The van der Waals surface area contributed by atoms with E-state index in [0.29, 0.717) is 16.7 Å². The summed E-state index contributed by atoms with van der Waals surface area (Å²) in [5.74, 6) is 0.149. The van der Waals surface area contributed by atoms with Gasteiger partial charge in [0.2, 0.25) is 0 Å². The van der Waals surface area contributed by atoms with Gasteiger partial charge in [0.05, 0.1) is 23.5 Å². The van der Waals surface area contributed by atoms with E-state index in [1.165, 1.54) is 4.57 Å². The van der Waals surface area contributed by atoms with Gasteiger partial charge in [-0.1, -0.05) is 35.5 Å². The number of aromatic nitrogens is 2. The molecule has 1 N–H and O–H groups in total. The first-order valence-electron chi connectivity index (χ1n) is 12.7. The number of aliphatic hydroxyl groups is 1. The highest BCUT2D eigenvalue weighted by Gasteiger charge is 2.31. The van der Waals surface area contributed by atoms with E-state index in [0.717, 1.165) is 37.0 Å². The first kappa shape index (κ1) is 26.8. The Morgan fingerprint density at radius 2 is 1.84 bits per heavy atom. The fourth-order valence-electron chi connectivity index (χ4n) is 4.99. The predicted molar refractivity (Wildman–Crippen MR) is 146 cm³/mol. The van der Waals surface area contributed by atoms with Gasteiger partial charge in [-0.25, -0.2) is 4.98 Å². The fraction of sp³-hybridized carbons (Fsp3) is 0.414. The molecule has 9 heteroatoms. The Morgan fingerprint density at radius 3 is 2.45 bits per heavy atom. The van der Waals surface area contributed by atoms with Crippen molar-refractivity contribution in [2.45, 2.75) is 51.2 Å². The molecule has 1 saturated carbocycles. The average Bonchev–Trinajstić information content (AvgIpc) is 2.95. The number of anilines is 1. The molecule has 2 heterocycles. The van der Waals surface area contributed by atoms with E-state index in [2.05, 4.69) is 22.3 Å². The van der Waals surface area contributed by atoms with Crippen molar-refractivity contribution in [2.24, 2.45) is 18.1 Å². The summed E-state index contributed by atoms with van der Waals surface area (Å²) in [5.41, 5.74) is 2.43. The second-order valence-corrected chi connectivity index (χ2v) is 10.3. The zero-order chi connectivity index (χ0) is 27.4. The molecule has 0 bridgehead atoms. The molecule has 38 heavy (non-hydrogen) atoms. The summed E-state index contributed by atoms with van der Waals surface area (Å²) in [7, 11) is 3.50. The fourth-order valence-corrected chi connectivity index (χ4v) is 4.99. The molecule has 0 spiro atoms. The van der Waals surface area contributed by atoms with Crippen LogP contribution in [0, 0.1) is 28.6 Å². The predicted octanol–water partition coefficient (Wildman–Crippen LogP) is 3.86. The normalized spacial score (nSPS) is 18.0. The molecular formula is C29H32N6O3. The van der Waals surface area contributed by atoms with Crippen LogP contribution in [-0.2, 0) is 11.9 Å². The number of hydrogen-bond acceptors (Lipinski definition) is 8. The van der Waals surface area contributed by atoms with Crippen molar-refractivity contribution in [1.29, 1.82) is 10.5 Å². The Bertz CT molecular complexity index is 1490. The van der Waals surface area contributed by atoms with Gasteiger partial charge in [-0.05, 0) is 57.2 Å². The highest BCUT2D eigenvalue weighted by Crippen LogP contribution is 2.35. The number of nitrogens with zero attached hydrogens (tertiary/aromatic N) is 6. The average molecular weight is 513 g/mol. The third-order valence-corrected chi connectivity index (χ3v) is 7.27. The van der Waals surface area contributed by atoms with Gasteiger partial charge in [-0.3, -0.25) is 4.79 Å². The first-order valence-corrected chi connectivity index (χ1v) is 12.7. The Kier molecular flexibility index (Phi) is 7.80. The van der Waals surface area contributed by atoms with E-state index in [-0.39, 0.29) is 35.4 Å². The number of rotatable bonds is 7. The number of hydrogen-bond donors (Lipinski definition) is 1. The van der Waals surface area contributed by atoms with Crippen molar-refractivity contribution < 1.29 is 9.94 Å². The SMILES string of the molecule is CN(c1c(C#N)c(=O)n(C)c2ccc(C#N)nc12)C1CCC(/C(=N/OC(C)(C)CO)c2ccccc2)CC1. The van der Waals surface area contributed by atoms with Gasteiger partial charge in [0, 0.05) is 26.1 Å². The number of aryl methyl sites for hydroxylation is 1. The molecule has 196 valence electrons. The molecule has 1 fully saturated rings. The molecule has 0 atom stereocenters. The van der Waals surface area contributed by atoms with Gasteiger partial charge in [0.1, 0.15) is 28.9 Å². The molecule has 0 aliphatic heterocycles. The van der Waals surface area contributed by atoms with Crippen molar-refractivity contribution in [1.82, 2.24) is 9.55 Å². The summed E-state index contributed by atoms with van der Waals surface area (Å²) in [6, 6.07) is 17.4. The molecule has 0 radical (unpaired) electrons. The van der Waals surface area contributed by atoms with E-state index < -0.39 is 5.60 Å². The molecule has 4 rings (SSSR count). The number of pyridine rings is 2. The van der Waals surface area contributed by atoms with E-state index in [4.69, 9.17) is 4.84 Å². The van der Waals surface area contributed by atoms with Crippen molar-refractivity contribution in [3.8, 4) is 12.1 Å². The minimum Gasteiger partial charge on any atom is -0.392 e. The highest BCUT2D eigenvalue weighted by molar-refractivity contribution is 6.02. The maximum Gasteiger partial charge on any atom is 0.270 e. The molecule has 9 nitrogen and oxygen atoms in total. The van der Waals surface area contributed by atoms with Gasteiger partial charge in [-0.2, -0.15) is 10.5 Å². The molecule has 0 saturated heterocycles. The van der Waals surface area contributed by atoms with Gasteiger partial charge >= 0.3 is 0 Å². The minimum atomic E-state index is -0.791. The Morgan fingerprint density at radius 1 is 1.16 bits per heavy atom. The summed E-state index contributed by atoms with van der Waals surface area (Å²) in [4.78, 5) is 25.2. The lowest BCUT2D eigenvalue weighted by Gasteiger charge is -2.37. The lowest BCUT2D eigenvalue weighted by molar-refractivity contribution is -0.0520. The van der Waals surface area contributed by atoms with Gasteiger partial charge in [0.25, 0.3) is 5.56 Å². The highest BCUT2D eigenvalue weighted by atomic mass is 16.7. The molecule has 1 aliphatic rings. The summed E-state index contributed by atoms with van der Waals surface area (Å²) >= 11 is 0. The molecular weight excluding hydrogens is 480 g/mol. The van der Waals surface area contributed by atoms with Crippen LogP contribution in [0.2, 0.25) is 0 Å². The molecule has 0 unspecified atom stereocenters. The van der Waals surface area contributed by atoms with Crippen molar-refractivity contribution in [3.63, 3.8) is 0 Å². The van der Waals surface area contributed by atoms with Crippen LogP contribution in [0.5, 0.6) is 0 Å². The largest absolute Gasteiger partial charge is 0.392 e. The van der Waals surface area contributed by atoms with Gasteiger partial charge < -0.3 is 19.4 Å². The van der Waals surface area contributed by atoms with Crippen LogP contribution < -0.4 is 10.5 Å².